The Balaban J connectivity index is 3.62. The topological polar surface area (TPSA) is 98.9 Å². The third kappa shape index (κ3) is 7.89. The Morgan fingerprint density at radius 2 is 1.83 bits per heavy atom. The molecule has 0 fully saturated rings. The third-order valence-electron chi connectivity index (χ3n) is 2.54. The molecule has 0 bridgehead atoms. The lowest BCUT2D eigenvalue weighted by molar-refractivity contribution is -0.141. The van der Waals surface area contributed by atoms with Crippen molar-refractivity contribution >= 4 is 12.1 Å². The van der Waals surface area contributed by atoms with Gasteiger partial charge >= 0.3 is 12.1 Å². The van der Waals surface area contributed by atoms with Gasteiger partial charge in [0.1, 0.15) is 12.1 Å². The fourth-order valence-corrected chi connectivity index (χ4v) is 1.32. The van der Waals surface area contributed by atoms with Gasteiger partial charge in [0.25, 0.3) is 0 Å². The van der Waals surface area contributed by atoms with Crippen molar-refractivity contribution in [2.24, 2.45) is 5.73 Å². The van der Waals surface area contributed by atoms with Crippen LogP contribution in [0.25, 0.3) is 0 Å². The summed E-state index contributed by atoms with van der Waals surface area (Å²) in [5, 5.41) is 8.60. The van der Waals surface area contributed by atoms with Crippen molar-refractivity contribution in [2.45, 2.75) is 58.1 Å². The van der Waals surface area contributed by atoms with Gasteiger partial charge in [-0.25, -0.2) is 4.79 Å². The number of unbranched alkanes of at least 4 members (excludes halogenated alkanes) is 4. The van der Waals surface area contributed by atoms with Crippen LogP contribution in [0.15, 0.2) is 0 Å². The first-order valence-electron chi connectivity index (χ1n) is 6.30. The second-order valence-corrected chi connectivity index (χ2v) is 4.20. The summed E-state index contributed by atoms with van der Waals surface area (Å²) in [5.41, 5.74) is 5.29. The molecular formula is C12H23NO5. The maximum absolute atomic E-state index is 11.2. The normalized spacial score (nSPS) is 13.7. The number of hydrogen-bond acceptors (Lipinski definition) is 5. The van der Waals surface area contributed by atoms with Gasteiger partial charge in [-0.1, -0.05) is 32.6 Å². The average Bonchev–Trinajstić information content (AvgIpc) is 2.32. The number of carboxylic acid groups (broad SMARTS) is 1. The minimum Gasteiger partial charge on any atom is -0.480 e. The molecule has 0 saturated heterocycles. The van der Waals surface area contributed by atoms with Crippen LogP contribution in [0.4, 0.5) is 4.79 Å². The molecule has 0 spiro atoms. The van der Waals surface area contributed by atoms with Crippen LogP contribution in [0.3, 0.4) is 0 Å². The van der Waals surface area contributed by atoms with Crippen molar-refractivity contribution in [2.75, 3.05) is 6.61 Å². The molecule has 3 N–H and O–H groups in total. The van der Waals surface area contributed by atoms with Gasteiger partial charge in [-0.15, -0.1) is 0 Å². The van der Waals surface area contributed by atoms with E-state index in [9.17, 15) is 9.59 Å². The SMILES string of the molecule is CCCCCCCOC(=O)OC(C)C(N)C(=O)O. The highest BCUT2D eigenvalue weighted by Gasteiger charge is 2.23. The van der Waals surface area contributed by atoms with E-state index in [0.29, 0.717) is 0 Å². The Labute approximate surface area is 107 Å². The summed E-state index contributed by atoms with van der Waals surface area (Å²) in [7, 11) is 0. The molecule has 0 radical (unpaired) electrons. The van der Waals surface area contributed by atoms with Crippen LogP contribution in [0.1, 0.15) is 46.0 Å². The lowest BCUT2D eigenvalue weighted by Gasteiger charge is -2.16. The van der Waals surface area contributed by atoms with Gasteiger partial charge in [0, 0.05) is 0 Å². The van der Waals surface area contributed by atoms with Gasteiger partial charge in [-0.2, -0.15) is 0 Å². The molecule has 0 rings (SSSR count). The molecule has 18 heavy (non-hydrogen) atoms. The molecule has 0 aliphatic rings. The number of hydrogen-bond donors (Lipinski definition) is 2. The lowest BCUT2D eigenvalue weighted by Crippen LogP contribution is -2.42. The number of nitrogens with two attached hydrogens (primary N) is 1. The van der Waals surface area contributed by atoms with Crippen LogP contribution in [0, 0.1) is 0 Å². The fraction of sp³-hybridized carbons (Fsp3) is 0.833. The van der Waals surface area contributed by atoms with Crippen molar-refractivity contribution in [1.29, 1.82) is 0 Å². The van der Waals surface area contributed by atoms with Gasteiger partial charge < -0.3 is 20.3 Å². The molecule has 6 heteroatoms. The van der Waals surface area contributed by atoms with Crippen molar-refractivity contribution in [3.63, 3.8) is 0 Å². The summed E-state index contributed by atoms with van der Waals surface area (Å²) in [5.74, 6) is -1.21. The first-order valence-corrected chi connectivity index (χ1v) is 6.30. The number of ether oxygens (including phenoxy) is 2. The van der Waals surface area contributed by atoms with Crippen molar-refractivity contribution in [3.8, 4) is 0 Å². The minimum absolute atomic E-state index is 0.289. The van der Waals surface area contributed by atoms with Crippen LogP contribution in [-0.4, -0.2) is 36.0 Å². The monoisotopic (exact) mass is 261 g/mol. The zero-order chi connectivity index (χ0) is 14.0. The third-order valence-corrected chi connectivity index (χ3v) is 2.54. The van der Waals surface area contributed by atoms with Gasteiger partial charge in [0.2, 0.25) is 0 Å². The first-order chi connectivity index (χ1) is 8.49. The molecule has 0 saturated carbocycles. The second kappa shape index (κ2) is 9.70. The van der Waals surface area contributed by atoms with Crippen LogP contribution in [-0.2, 0) is 14.3 Å². The maximum Gasteiger partial charge on any atom is 0.508 e. The van der Waals surface area contributed by atoms with E-state index in [-0.39, 0.29) is 6.61 Å². The lowest BCUT2D eigenvalue weighted by atomic mass is 10.2. The number of carbonyl (C=O) groups is 2. The van der Waals surface area contributed by atoms with Crippen LogP contribution in [0.2, 0.25) is 0 Å². The Kier molecular flexibility index (Phi) is 9.00. The van der Waals surface area contributed by atoms with E-state index in [2.05, 4.69) is 6.92 Å². The molecule has 0 heterocycles. The molecular weight excluding hydrogens is 238 g/mol. The molecule has 0 aromatic carbocycles. The predicted molar refractivity (Wildman–Crippen MR) is 66.3 cm³/mol. The van der Waals surface area contributed by atoms with Crippen molar-refractivity contribution in [3.05, 3.63) is 0 Å². The van der Waals surface area contributed by atoms with E-state index in [1.807, 2.05) is 0 Å². The quantitative estimate of drug-likeness (QED) is 0.486. The van der Waals surface area contributed by atoms with E-state index < -0.39 is 24.3 Å². The van der Waals surface area contributed by atoms with E-state index in [4.69, 9.17) is 20.3 Å². The van der Waals surface area contributed by atoms with Crippen molar-refractivity contribution < 1.29 is 24.2 Å². The molecule has 0 aliphatic heterocycles. The summed E-state index contributed by atoms with van der Waals surface area (Å²) in [6, 6.07) is -1.23. The van der Waals surface area contributed by atoms with Crippen LogP contribution >= 0.6 is 0 Å². The standard InChI is InChI=1S/C12H23NO5/c1-3-4-5-6-7-8-17-12(16)18-9(2)10(13)11(14)15/h9-10H,3-8,13H2,1-2H3,(H,14,15). The largest absolute Gasteiger partial charge is 0.508 e. The van der Waals surface area contributed by atoms with E-state index in [1.54, 1.807) is 0 Å². The Morgan fingerprint density at radius 3 is 2.39 bits per heavy atom. The van der Waals surface area contributed by atoms with Crippen molar-refractivity contribution in [1.82, 2.24) is 0 Å². The Hall–Kier alpha value is -1.30. The summed E-state index contributed by atoms with van der Waals surface area (Å²) < 4.78 is 9.55. The zero-order valence-electron chi connectivity index (χ0n) is 11.1. The van der Waals surface area contributed by atoms with Gasteiger partial charge in [-0.05, 0) is 13.3 Å². The van der Waals surface area contributed by atoms with Crippen LogP contribution < -0.4 is 5.73 Å². The zero-order valence-corrected chi connectivity index (χ0v) is 11.1. The molecule has 6 nitrogen and oxygen atoms in total. The van der Waals surface area contributed by atoms with E-state index in [0.717, 1.165) is 25.7 Å². The average molecular weight is 261 g/mol. The summed E-state index contributed by atoms with van der Waals surface area (Å²) >= 11 is 0. The predicted octanol–water partition coefficient (Wildman–Crippen LogP) is 1.91. The van der Waals surface area contributed by atoms with Gasteiger partial charge in [0.15, 0.2) is 0 Å². The fourth-order valence-electron chi connectivity index (χ4n) is 1.32. The summed E-state index contributed by atoms with van der Waals surface area (Å²) in [6.07, 6.45) is 3.47. The molecule has 2 atom stereocenters. The number of carboxylic acids is 1. The number of aliphatic carboxylic acids is 1. The first kappa shape index (κ1) is 16.7. The highest BCUT2D eigenvalue weighted by molar-refractivity contribution is 5.74. The highest BCUT2D eigenvalue weighted by Crippen LogP contribution is 2.04. The smallest absolute Gasteiger partial charge is 0.480 e. The van der Waals surface area contributed by atoms with E-state index in [1.165, 1.54) is 13.3 Å². The highest BCUT2D eigenvalue weighted by atomic mass is 16.7. The minimum atomic E-state index is -1.23. The van der Waals surface area contributed by atoms with E-state index >= 15 is 0 Å². The molecule has 0 amide bonds. The summed E-state index contributed by atoms with van der Waals surface area (Å²) in [6.45, 7) is 3.83. The Morgan fingerprint density at radius 1 is 1.22 bits per heavy atom. The van der Waals surface area contributed by atoms with Crippen LogP contribution in [0.5, 0.6) is 0 Å². The Bertz CT molecular complexity index is 257. The number of rotatable bonds is 9. The number of carbonyl (C=O) groups excluding carboxylic acids is 1. The summed E-state index contributed by atoms with van der Waals surface area (Å²) in [4.78, 5) is 21.7. The molecule has 0 aromatic heterocycles. The maximum atomic E-state index is 11.2. The second-order valence-electron chi connectivity index (χ2n) is 4.20. The molecule has 106 valence electrons. The molecule has 0 aliphatic carbocycles. The van der Waals surface area contributed by atoms with Gasteiger partial charge in [0.05, 0.1) is 6.61 Å². The van der Waals surface area contributed by atoms with Gasteiger partial charge in [-0.3, -0.25) is 4.79 Å². The molecule has 2 unspecified atom stereocenters. The molecule has 0 aromatic rings.